The molecule has 10 heavy (non-hydrogen) atoms. The molecule has 0 aliphatic rings. The van der Waals surface area contributed by atoms with Gasteiger partial charge in [0.2, 0.25) is 0 Å². The predicted molar refractivity (Wildman–Crippen MR) is 37.9 cm³/mol. The van der Waals surface area contributed by atoms with E-state index in [4.69, 9.17) is 0 Å². The van der Waals surface area contributed by atoms with Crippen LogP contribution in [0.2, 0.25) is 0 Å². The third kappa shape index (κ3) is 2.96. The Morgan fingerprint density at radius 3 is 2.80 bits per heavy atom. The van der Waals surface area contributed by atoms with Gasteiger partial charge in [0.25, 0.3) is 0 Å². The van der Waals surface area contributed by atoms with Gasteiger partial charge in [-0.1, -0.05) is 0 Å². The van der Waals surface area contributed by atoms with E-state index in [2.05, 4.69) is 18.0 Å². The molecule has 0 spiro atoms. The Balaban J connectivity index is 0.000000810. The molecule has 50 valence electrons. The molecule has 0 radical (unpaired) electrons. The molecule has 0 bridgehead atoms. The minimum atomic E-state index is 0. The molecule has 0 aliphatic heterocycles. The van der Waals surface area contributed by atoms with Crippen LogP contribution in [0.3, 0.4) is 0 Å². The van der Waals surface area contributed by atoms with Gasteiger partial charge in [0.05, 0.1) is 0 Å². The normalized spacial score (nSPS) is 8.60. The number of rotatable bonds is 2. The predicted octanol–water partition coefficient (Wildman–Crippen LogP) is -1.35. The molecule has 0 unspecified atom stereocenters. The Labute approximate surface area is 81.4 Å². The van der Waals surface area contributed by atoms with Crippen molar-refractivity contribution in [2.24, 2.45) is 0 Å². The summed E-state index contributed by atoms with van der Waals surface area (Å²) in [4.78, 5) is 0. The number of thiophene rings is 1. The minimum Gasteiger partial charge on any atom is -1.00 e. The summed E-state index contributed by atoms with van der Waals surface area (Å²) >= 11 is 3.13. The van der Waals surface area contributed by atoms with Gasteiger partial charge in [0, 0.05) is 0 Å². The zero-order valence-corrected chi connectivity index (χ0v) is 10.2. The molecule has 0 amide bonds. The van der Waals surface area contributed by atoms with Crippen molar-refractivity contribution in [1.82, 2.24) is 0 Å². The molecule has 1 heterocycles. The number of halogens is 1. The van der Waals surface area contributed by atoms with E-state index in [-0.39, 0.29) is 12.4 Å². The second-order valence-corrected chi connectivity index (χ2v) is 5.58. The van der Waals surface area contributed by atoms with Crippen molar-refractivity contribution in [2.75, 3.05) is 0 Å². The van der Waals surface area contributed by atoms with E-state index in [1.807, 2.05) is 17.4 Å². The summed E-state index contributed by atoms with van der Waals surface area (Å²) in [6.45, 7) is 3.68. The topological polar surface area (TPSA) is 0 Å². The van der Waals surface area contributed by atoms with E-state index in [1.165, 1.54) is 27.3 Å². The maximum atomic E-state index is 3.68. The van der Waals surface area contributed by atoms with E-state index >= 15 is 0 Å². The van der Waals surface area contributed by atoms with Crippen LogP contribution in [0.15, 0.2) is 24.1 Å². The maximum Gasteiger partial charge on any atom is -1.00 e. The van der Waals surface area contributed by atoms with Gasteiger partial charge >= 0.3 is 69.2 Å². The Kier molecular flexibility index (Phi) is 5.24. The third-order valence-electron chi connectivity index (χ3n) is 1.09. The average Bonchev–Trinajstić information content (AvgIpc) is 2.17. The second kappa shape index (κ2) is 5.06. The molecule has 1 aromatic rings. The maximum absolute atomic E-state index is 3.68. The first-order valence-corrected chi connectivity index (χ1v) is 5.19. The molecule has 1 aromatic heterocycles. The van der Waals surface area contributed by atoms with Gasteiger partial charge in [-0.05, 0) is 0 Å². The number of hydrogen-bond acceptors (Lipinski definition) is 1. The van der Waals surface area contributed by atoms with Gasteiger partial charge in [-0.2, -0.15) is 0 Å². The van der Waals surface area contributed by atoms with E-state index in [1.54, 1.807) is 0 Å². The summed E-state index contributed by atoms with van der Waals surface area (Å²) in [5.74, 6) is 0. The fourth-order valence-electron chi connectivity index (χ4n) is 0.700. The van der Waals surface area contributed by atoms with Gasteiger partial charge in [-0.25, -0.2) is 0 Å². The van der Waals surface area contributed by atoms with Crippen LogP contribution in [0.4, 0.5) is 0 Å². The van der Waals surface area contributed by atoms with Gasteiger partial charge in [-0.15, -0.1) is 0 Å². The third-order valence-corrected chi connectivity index (χ3v) is 3.41. The van der Waals surface area contributed by atoms with E-state index in [0.717, 1.165) is 6.42 Å². The summed E-state index contributed by atoms with van der Waals surface area (Å²) in [5, 5.41) is 2.21. The molecule has 0 N–H and O–H groups in total. The molecule has 0 nitrogen and oxygen atoms in total. The molecular formula is C7H7ClSZn. The van der Waals surface area contributed by atoms with E-state index in [9.17, 15) is 0 Å². The van der Waals surface area contributed by atoms with Crippen LogP contribution in [-0.4, -0.2) is 0 Å². The largest absolute Gasteiger partial charge is 1.00 e. The Hall–Kier alpha value is 0.353. The van der Waals surface area contributed by atoms with Crippen LogP contribution >= 0.6 is 11.3 Å². The van der Waals surface area contributed by atoms with Crippen molar-refractivity contribution in [2.45, 2.75) is 6.42 Å². The van der Waals surface area contributed by atoms with Gasteiger partial charge in [0.1, 0.15) is 0 Å². The molecule has 0 atom stereocenters. The summed E-state index contributed by atoms with van der Waals surface area (Å²) in [5.41, 5.74) is 1.41. The summed E-state index contributed by atoms with van der Waals surface area (Å²) in [6, 6.07) is 2.26. The van der Waals surface area contributed by atoms with Crippen LogP contribution in [0.1, 0.15) is 5.56 Å². The second-order valence-electron chi connectivity index (χ2n) is 1.91. The fraction of sp³-hybridized carbons (Fsp3) is 0.143. The molecule has 0 saturated carbocycles. The standard InChI is InChI=1S/C7H7S.ClH.Zn/c1-2-3-7-4-5-8-6-7;;/h2,4,6H,1,3H2;1H;/q;;+1/p-1. The van der Waals surface area contributed by atoms with Crippen LogP contribution in [-0.2, 0) is 24.7 Å². The van der Waals surface area contributed by atoms with Crippen molar-refractivity contribution in [3.63, 3.8) is 0 Å². The molecule has 1 rings (SSSR count). The van der Waals surface area contributed by atoms with Crippen molar-refractivity contribution in [3.05, 3.63) is 29.7 Å². The Morgan fingerprint density at radius 1 is 1.70 bits per heavy atom. The van der Waals surface area contributed by atoms with Crippen molar-refractivity contribution >= 4 is 14.8 Å². The first kappa shape index (κ1) is 10.4. The molecule has 0 fully saturated rings. The van der Waals surface area contributed by atoms with Crippen LogP contribution in [0, 0.1) is 0 Å². The first-order chi connectivity index (χ1) is 4.33. The molecular weight excluding hydrogens is 217 g/mol. The van der Waals surface area contributed by atoms with Gasteiger partial charge < -0.3 is 12.4 Å². The minimum absolute atomic E-state index is 0. The van der Waals surface area contributed by atoms with Crippen molar-refractivity contribution < 1.29 is 30.7 Å². The monoisotopic (exact) mass is 222 g/mol. The first-order valence-electron chi connectivity index (χ1n) is 2.83. The molecule has 0 saturated heterocycles. The zero-order chi connectivity index (χ0) is 6.69. The van der Waals surface area contributed by atoms with E-state index in [0.29, 0.717) is 0 Å². The van der Waals surface area contributed by atoms with Crippen LogP contribution < -0.4 is 15.9 Å². The summed E-state index contributed by atoms with van der Waals surface area (Å²) in [6.07, 6.45) is 2.97. The molecule has 0 aromatic carbocycles. The number of hydrogen-bond donors (Lipinski definition) is 0. The van der Waals surface area contributed by atoms with Gasteiger partial charge in [-0.3, -0.25) is 0 Å². The quantitative estimate of drug-likeness (QED) is 0.430. The van der Waals surface area contributed by atoms with Gasteiger partial charge in [0.15, 0.2) is 0 Å². The van der Waals surface area contributed by atoms with Crippen molar-refractivity contribution in [3.8, 4) is 0 Å². The zero-order valence-electron chi connectivity index (χ0n) is 5.64. The average molecular weight is 224 g/mol. The fourth-order valence-corrected chi connectivity index (χ4v) is 2.46. The smallest absolute Gasteiger partial charge is 1.00 e. The van der Waals surface area contributed by atoms with Crippen LogP contribution in [0.25, 0.3) is 0 Å². The Morgan fingerprint density at radius 2 is 2.40 bits per heavy atom. The summed E-state index contributed by atoms with van der Waals surface area (Å²) in [7, 11) is 0. The Bertz CT molecular complexity index is 207. The van der Waals surface area contributed by atoms with Crippen LogP contribution in [0.5, 0.6) is 0 Å². The molecule has 0 aliphatic carbocycles. The van der Waals surface area contributed by atoms with E-state index < -0.39 is 0 Å². The SMILES string of the molecule is C=CCc1cs[c]([Zn+])c1.[Cl-]. The van der Waals surface area contributed by atoms with Crippen molar-refractivity contribution in [1.29, 1.82) is 0 Å². The number of allylic oxidation sites excluding steroid dienone is 1. The summed E-state index contributed by atoms with van der Waals surface area (Å²) < 4.78 is 1.51. The molecule has 3 heteroatoms.